The summed E-state index contributed by atoms with van der Waals surface area (Å²) >= 11 is 0. The summed E-state index contributed by atoms with van der Waals surface area (Å²) in [6, 6.07) is 6.89. The van der Waals surface area contributed by atoms with E-state index in [0.29, 0.717) is 17.5 Å². The number of sulfonamides is 1. The minimum atomic E-state index is -3.63. The van der Waals surface area contributed by atoms with Gasteiger partial charge in [-0.3, -0.25) is 4.98 Å². The molecule has 30 heavy (non-hydrogen) atoms. The first kappa shape index (κ1) is 20.3. The van der Waals surface area contributed by atoms with E-state index in [4.69, 9.17) is 4.74 Å². The average molecular weight is 427 g/mol. The van der Waals surface area contributed by atoms with E-state index in [1.54, 1.807) is 43.0 Å². The third-order valence-electron chi connectivity index (χ3n) is 4.93. The van der Waals surface area contributed by atoms with E-state index in [1.807, 2.05) is 19.9 Å². The highest BCUT2D eigenvalue weighted by Crippen LogP contribution is 2.27. The van der Waals surface area contributed by atoms with Gasteiger partial charge in [-0.1, -0.05) is 6.07 Å². The average Bonchev–Trinajstić information content (AvgIpc) is 2.76. The van der Waals surface area contributed by atoms with Crippen LogP contribution in [0.5, 0.6) is 0 Å². The number of hydrogen-bond acceptors (Lipinski definition) is 8. The van der Waals surface area contributed by atoms with Crippen LogP contribution < -0.4 is 5.32 Å². The molecule has 3 aromatic rings. The van der Waals surface area contributed by atoms with Crippen molar-refractivity contribution in [1.29, 1.82) is 0 Å². The molecule has 0 spiro atoms. The van der Waals surface area contributed by atoms with Gasteiger partial charge in [-0.2, -0.15) is 4.31 Å². The summed E-state index contributed by atoms with van der Waals surface area (Å²) in [5.74, 6) is 0.851. The maximum atomic E-state index is 13.1. The van der Waals surface area contributed by atoms with E-state index in [-0.39, 0.29) is 24.6 Å². The number of nitrogens with zero attached hydrogens (tertiary/aromatic N) is 5. The van der Waals surface area contributed by atoms with Gasteiger partial charge in [0, 0.05) is 25.5 Å². The van der Waals surface area contributed by atoms with Crippen LogP contribution in [0.4, 0.5) is 11.8 Å². The van der Waals surface area contributed by atoms with Gasteiger partial charge in [0.05, 0.1) is 29.6 Å². The molecule has 0 radical (unpaired) electrons. The molecule has 1 atom stereocenters. The highest BCUT2D eigenvalue weighted by molar-refractivity contribution is 7.89. The maximum Gasteiger partial charge on any atom is 0.243 e. The van der Waals surface area contributed by atoms with E-state index in [1.165, 1.54) is 4.31 Å². The SMILES string of the molecule is Cc1ccc(S(=O)(=O)N2CCO[C@@H](c3cncc(Nc4ncccn4)n3)C2)cc1C. The lowest BCUT2D eigenvalue weighted by molar-refractivity contribution is -0.00506. The van der Waals surface area contributed by atoms with E-state index < -0.39 is 16.1 Å². The van der Waals surface area contributed by atoms with Crippen molar-refractivity contribution in [3.05, 3.63) is 65.9 Å². The predicted molar refractivity (Wildman–Crippen MR) is 111 cm³/mol. The lowest BCUT2D eigenvalue weighted by Gasteiger charge is -2.32. The van der Waals surface area contributed by atoms with Crippen LogP contribution in [0.1, 0.15) is 22.9 Å². The van der Waals surface area contributed by atoms with Crippen LogP contribution in [0, 0.1) is 13.8 Å². The highest BCUT2D eigenvalue weighted by atomic mass is 32.2. The number of hydrogen-bond donors (Lipinski definition) is 1. The quantitative estimate of drug-likeness (QED) is 0.662. The van der Waals surface area contributed by atoms with Crippen molar-refractivity contribution in [2.45, 2.75) is 24.8 Å². The Morgan fingerprint density at radius 1 is 1.13 bits per heavy atom. The summed E-state index contributed by atoms with van der Waals surface area (Å²) in [6.45, 7) is 4.58. The fourth-order valence-electron chi connectivity index (χ4n) is 3.12. The van der Waals surface area contributed by atoms with Gasteiger partial charge in [-0.05, 0) is 43.2 Å². The molecule has 0 amide bonds. The fraction of sp³-hybridized carbons (Fsp3) is 0.300. The van der Waals surface area contributed by atoms with Crippen molar-refractivity contribution in [3.63, 3.8) is 0 Å². The monoisotopic (exact) mass is 426 g/mol. The second-order valence-electron chi connectivity index (χ2n) is 7.00. The van der Waals surface area contributed by atoms with E-state index in [2.05, 4.69) is 25.3 Å². The van der Waals surface area contributed by atoms with Crippen molar-refractivity contribution < 1.29 is 13.2 Å². The highest BCUT2D eigenvalue weighted by Gasteiger charge is 2.32. The molecule has 1 saturated heterocycles. The fourth-order valence-corrected chi connectivity index (χ4v) is 4.63. The molecule has 0 saturated carbocycles. The molecule has 1 aliphatic rings. The summed E-state index contributed by atoms with van der Waals surface area (Å²) in [6.07, 6.45) is 5.84. The molecule has 156 valence electrons. The first-order chi connectivity index (χ1) is 14.4. The molecule has 2 aromatic heterocycles. The molecule has 9 nitrogen and oxygen atoms in total. The standard InChI is InChI=1S/C20H22N6O3S/c1-14-4-5-16(10-15(14)2)30(27,28)26-8-9-29-18(13-26)17-11-21-12-19(24-17)25-20-22-6-3-7-23-20/h3-7,10-12,18H,8-9,13H2,1-2H3,(H,22,23,24,25)/t18-/m1/s1. The number of morpholine rings is 1. The molecule has 0 unspecified atom stereocenters. The van der Waals surface area contributed by atoms with Gasteiger partial charge in [0.15, 0.2) is 5.82 Å². The Morgan fingerprint density at radius 2 is 1.93 bits per heavy atom. The minimum Gasteiger partial charge on any atom is -0.369 e. The summed E-state index contributed by atoms with van der Waals surface area (Å²) < 4.78 is 33.5. The number of benzene rings is 1. The lowest BCUT2D eigenvalue weighted by atomic mass is 10.1. The first-order valence-corrected chi connectivity index (χ1v) is 10.9. The Labute approximate surface area is 175 Å². The normalized spacial score (nSPS) is 17.6. The van der Waals surface area contributed by atoms with Crippen molar-refractivity contribution in [1.82, 2.24) is 24.2 Å². The smallest absolute Gasteiger partial charge is 0.243 e. The number of aryl methyl sites for hydroxylation is 2. The number of anilines is 2. The molecule has 0 bridgehead atoms. The van der Waals surface area contributed by atoms with Gasteiger partial charge in [-0.25, -0.2) is 23.4 Å². The minimum absolute atomic E-state index is 0.162. The molecule has 3 heterocycles. The molecule has 1 aliphatic heterocycles. The van der Waals surface area contributed by atoms with Crippen LogP contribution in [0.3, 0.4) is 0 Å². The number of aromatic nitrogens is 4. The maximum absolute atomic E-state index is 13.1. The third kappa shape index (κ3) is 4.30. The Balaban J connectivity index is 1.54. The van der Waals surface area contributed by atoms with Gasteiger partial charge >= 0.3 is 0 Å². The van der Waals surface area contributed by atoms with Crippen LogP contribution in [0.25, 0.3) is 0 Å². The predicted octanol–water partition coefficient (Wildman–Crippen LogP) is 2.39. The van der Waals surface area contributed by atoms with Crippen molar-refractivity contribution in [2.75, 3.05) is 25.0 Å². The van der Waals surface area contributed by atoms with Gasteiger partial charge in [-0.15, -0.1) is 0 Å². The zero-order chi connectivity index (χ0) is 21.1. The molecular formula is C20H22N6O3S. The van der Waals surface area contributed by atoms with Crippen LogP contribution in [-0.4, -0.2) is 52.4 Å². The summed E-state index contributed by atoms with van der Waals surface area (Å²) in [7, 11) is -3.63. The van der Waals surface area contributed by atoms with Gasteiger partial charge in [0.2, 0.25) is 16.0 Å². The molecule has 0 aliphatic carbocycles. The molecule has 1 N–H and O–H groups in total. The second kappa shape index (κ2) is 8.42. The number of rotatable bonds is 5. The largest absolute Gasteiger partial charge is 0.369 e. The van der Waals surface area contributed by atoms with Crippen LogP contribution in [0.2, 0.25) is 0 Å². The first-order valence-electron chi connectivity index (χ1n) is 9.48. The Bertz CT molecular complexity index is 1140. The van der Waals surface area contributed by atoms with Crippen molar-refractivity contribution in [2.24, 2.45) is 0 Å². The van der Waals surface area contributed by atoms with E-state index >= 15 is 0 Å². The number of nitrogens with one attached hydrogen (secondary N) is 1. The third-order valence-corrected chi connectivity index (χ3v) is 6.80. The molecule has 1 aromatic carbocycles. The molecule has 10 heteroatoms. The van der Waals surface area contributed by atoms with E-state index in [9.17, 15) is 8.42 Å². The topological polar surface area (TPSA) is 110 Å². The molecule has 4 rings (SSSR count). The van der Waals surface area contributed by atoms with E-state index in [0.717, 1.165) is 11.1 Å². The molecular weight excluding hydrogens is 404 g/mol. The van der Waals surface area contributed by atoms with Gasteiger partial charge in [0.25, 0.3) is 0 Å². The van der Waals surface area contributed by atoms with Crippen molar-refractivity contribution >= 4 is 21.8 Å². The summed E-state index contributed by atoms with van der Waals surface area (Å²) in [4.78, 5) is 17.2. The van der Waals surface area contributed by atoms with Crippen molar-refractivity contribution in [3.8, 4) is 0 Å². The van der Waals surface area contributed by atoms with Crippen LogP contribution in [-0.2, 0) is 14.8 Å². The summed E-state index contributed by atoms with van der Waals surface area (Å²) in [5.41, 5.74) is 2.53. The van der Waals surface area contributed by atoms with Gasteiger partial charge < -0.3 is 10.1 Å². The number of ether oxygens (including phenoxy) is 1. The summed E-state index contributed by atoms with van der Waals surface area (Å²) in [5, 5.41) is 2.98. The second-order valence-corrected chi connectivity index (χ2v) is 8.93. The Morgan fingerprint density at radius 3 is 2.70 bits per heavy atom. The Hall–Kier alpha value is -2.95. The molecule has 1 fully saturated rings. The Kier molecular flexibility index (Phi) is 5.71. The van der Waals surface area contributed by atoms with Crippen LogP contribution >= 0.6 is 0 Å². The zero-order valence-corrected chi connectivity index (χ0v) is 17.5. The van der Waals surface area contributed by atoms with Crippen LogP contribution in [0.15, 0.2) is 53.9 Å². The van der Waals surface area contributed by atoms with Gasteiger partial charge in [0.1, 0.15) is 6.10 Å². The zero-order valence-electron chi connectivity index (χ0n) is 16.7. The lowest BCUT2D eigenvalue weighted by Crippen LogP contribution is -2.42.